The highest BCUT2D eigenvalue weighted by Gasteiger charge is 2.06. The Kier molecular flexibility index (Phi) is 5.43. The number of hydrogen-bond acceptors (Lipinski definition) is 2. The Morgan fingerprint density at radius 1 is 1.39 bits per heavy atom. The Morgan fingerprint density at radius 2 is 2.11 bits per heavy atom. The van der Waals surface area contributed by atoms with E-state index in [9.17, 15) is 4.79 Å². The highest BCUT2D eigenvalue weighted by Crippen LogP contribution is 2.16. The van der Waals surface area contributed by atoms with Crippen LogP contribution in [0.25, 0.3) is 0 Å². The molecule has 0 aliphatic heterocycles. The Balaban J connectivity index is 2.82. The maximum Gasteiger partial charge on any atom is 0.331 e. The molecular formula is C15H21NO2. The minimum atomic E-state index is -0.821. The third kappa shape index (κ3) is 3.91. The van der Waals surface area contributed by atoms with Gasteiger partial charge in [-0.1, -0.05) is 25.1 Å². The van der Waals surface area contributed by atoms with E-state index in [-0.39, 0.29) is 0 Å². The molecule has 1 rings (SSSR count). The second kappa shape index (κ2) is 6.84. The first-order valence-electron chi connectivity index (χ1n) is 6.32. The number of anilines is 1. The molecule has 0 fully saturated rings. The van der Waals surface area contributed by atoms with Gasteiger partial charge >= 0.3 is 5.97 Å². The molecule has 0 saturated carbocycles. The van der Waals surface area contributed by atoms with Crippen LogP contribution in [0.4, 0.5) is 5.69 Å². The average Bonchev–Trinajstić information content (AvgIpc) is 2.34. The van der Waals surface area contributed by atoms with Crippen molar-refractivity contribution < 1.29 is 9.90 Å². The van der Waals surface area contributed by atoms with E-state index in [1.165, 1.54) is 5.56 Å². The third-order valence-electron chi connectivity index (χ3n) is 2.96. The molecule has 0 heterocycles. The molecule has 0 bridgehead atoms. The largest absolute Gasteiger partial charge is 0.478 e. The summed E-state index contributed by atoms with van der Waals surface area (Å²) in [4.78, 5) is 13.1. The van der Waals surface area contributed by atoms with Gasteiger partial charge in [-0.2, -0.15) is 0 Å². The lowest BCUT2D eigenvalue weighted by molar-refractivity contribution is -0.132. The predicted octanol–water partition coefficient (Wildman–Crippen LogP) is 3.24. The van der Waals surface area contributed by atoms with Crippen molar-refractivity contribution >= 4 is 11.7 Å². The van der Waals surface area contributed by atoms with Crippen LogP contribution in [0.2, 0.25) is 0 Å². The fourth-order valence-corrected chi connectivity index (χ4v) is 1.85. The zero-order valence-electron chi connectivity index (χ0n) is 11.3. The van der Waals surface area contributed by atoms with Crippen molar-refractivity contribution in [1.82, 2.24) is 0 Å². The van der Waals surface area contributed by atoms with E-state index in [1.54, 1.807) is 6.08 Å². The van der Waals surface area contributed by atoms with Crippen LogP contribution >= 0.6 is 0 Å². The van der Waals surface area contributed by atoms with Crippen LogP contribution in [0, 0.1) is 6.92 Å². The minimum Gasteiger partial charge on any atom is -0.478 e. The van der Waals surface area contributed by atoms with Gasteiger partial charge in [0, 0.05) is 24.4 Å². The van der Waals surface area contributed by atoms with Crippen LogP contribution in [0.5, 0.6) is 0 Å². The molecule has 18 heavy (non-hydrogen) atoms. The Bertz CT molecular complexity index is 438. The highest BCUT2D eigenvalue weighted by atomic mass is 16.4. The van der Waals surface area contributed by atoms with Crippen LogP contribution in [0.1, 0.15) is 25.8 Å². The first kappa shape index (κ1) is 14.3. The molecule has 1 aromatic carbocycles. The van der Waals surface area contributed by atoms with Gasteiger partial charge in [0.1, 0.15) is 0 Å². The van der Waals surface area contributed by atoms with Crippen molar-refractivity contribution in [2.24, 2.45) is 0 Å². The first-order chi connectivity index (χ1) is 8.58. The molecule has 1 N–H and O–H groups in total. The maximum absolute atomic E-state index is 10.9. The van der Waals surface area contributed by atoms with E-state index < -0.39 is 5.97 Å². The predicted molar refractivity (Wildman–Crippen MR) is 75.1 cm³/mol. The summed E-state index contributed by atoms with van der Waals surface area (Å²) in [5, 5.41) is 8.99. The number of rotatable bonds is 6. The van der Waals surface area contributed by atoms with E-state index in [0.29, 0.717) is 18.5 Å². The lowest BCUT2D eigenvalue weighted by atomic mass is 10.1. The summed E-state index contributed by atoms with van der Waals surface area (Å²) in [5.74, 6) is -0.821. The van der Waals surface area contributed by atoms with Gasteiger partial charge in [-0.25, -0.2) is 4.79 Å². The Hall–Kier alpha value is -1.77. The van der Waals surface area contributed by atoms with Gasteiger partial charge in [-0.3, -0.25) is 0 Å². The summed E-state index contributed by atoms with van der Waals surface area (Å²) in [6.07, 6.45) is 2.36. The number of aliphatic carboxylic acids is 1. The molecule has 0 aromatic heterocycles. The average molecular weight is 247 g/mol. The number of benzene rings is 1. The minimum absolute atomic E-state index is 0.473. The van der Waals surface area contributed by atoms with E-state index in [4.69, 9.17) is 5.11 Å². The number of carbonyl (C=O) groups is 1. The van der Waals surface area contributed by atoms with Crippen LogP contribution in [-0.2, 0) is 4.79 Å². The van der Waals surface area contributed by atoms with Crippen molar-refractivity contribution in [2.45, 2.75) is 27.2 Å². The summed E-state index contributed by atoms with van der Waals surface area (Å²) < 4.78 is 0. The number of carboxylic acids is 1. The molecule has 0 amide bonds. The molecular weight excluding hydrogens is 226 g/mol. The Morgan fingerprint density at radius 3 is 2.61 bits per heavy atom. The van der Waals surface area contributed by atoms with Gasteiger partial charge in [0.15, 0.2) is 0 Å². The summed E-state index contributed by atoms with van der Waals surface area (Å²) in [6.45, 7) is 7.49. The number of hydrogen-bond donors (Lipinski definition) is 1. The van der Waals surface area contributed by atoms with Crippen LogP contribution < -0.4 is 4.90 Å². The van der Waals surface area contributed by atoms with Gasteiger partial charge in [-0.05, 0) is 38.0 Å². The molecule has 1 aromatic rings. The molecule has 0 aliphatic rings. The second-order valence-electron chi connectivity index (χ2n) is 4.27. The summed E-state index contributed by atoms with van der Waals surface area (Å²) in [6, 6.07) is 8.25. The van der Waals surface area contributed by atoms with E-state index in [1.807, 2.05) is 13.0 Å². The zero-order valence-corrected chi connectivity index (χ0v) is 11.3. The van der Waals surface area contributed by atoms with Crippen LogP contribution in [-0.4, -0.2) is 24.2 Å². The maximum atomic E-state index is 10.9. The number of nitrogens with zero attached hydrogens (tertiary/aromatic N) is 1. The van der Waals surface area contributed by atoms with Gasteiger partial charge in [-0.15, -0.1) is 0 Å². The van der Waals surface area contributed by atoms with Crippen LogP contribution in [0.15, 0.2) is 35.9 Å². The lowest BCUT2D eigenvalue weighted by Crippen LogP contribution is -2.23. The van der Waals surface area contributed by atoms with Gasteiger partial charge in [0.25, 0.3) is 0 Å². The van der Waals surface area contributed by atoms with E-state index >= 15 is 0 Å². The molecule has 3 nitrogen and oxygen atoms in total. The van der Waals surface area contributed by atoms with Crippen molar-refractivity contribution in [3.63, 3.8) is 0 Å². The molecule has 0 saturated heterocycles. The first-order valence-corrected chi connectivity index (χ1v) is 6.32. The van der Waals surface area contributed by atoms with Crippen molar-refractivity contribution in [2.75, 3.05) is 18.0 Å². The third-order valence-corrected chi connectivity index (χ3v) is 2.96. The molecule has 98 valence electrons. The molecule has 0 spiro atoms. The summed E-state index contributed by atoms with van der Waals surface area (Å²) in [7, 11) is 0. The fourth-order valence-electron chi connectivity index (χ4n) is 1.85. The second-order valence-corrected chi connectivity index (χ2v) is 4.27. The number of likely N-dealkylation sites (N-methyl/N-ethyl adjacent to an activating group) is 1. The number of carboxylic acid groups (broad SMARTS) is 1. The normalized spacial score (nSPS) is 11.4. The molecule has 0 aliphatic carbocycles. The van der Waals surface area contributed by atoms with E-state index in [2.05, 4.69) is 36.9 Å². The summed E-state index contributed by atoms with van der Waals surface area (Å²) in [5.41, 5.74) is 2.82. The van der Waals surface area contributed by atoms with Gasteiger partial charge < -0.3 is 10.0 Å². The highest BCUT2D eigenvalue weighted by molar-refractivity contribution is 5.86. The molecule has 0 unspecified atom stereocenters. The topological polar surface area (TPSA) is 40.5 Å². The monoisotopic (exact) mass is 247 g/mol. The lowest BCUT2D eigenvalue weighted by Gasteiger charge is -2.22. The fraction of sp³-hybridized carbons (Fsp3) is 0.400. The van der Waals surface area contributed by atoms with Crippen LogP contribution in [0.3, 0.4) is 0 Å². The van der Waals surface area contributed by atoms with Crippen molar-refractivity contribution in [3.05, 3.63) is 41.5 Å². The van der Waals surface area contributed by atoms with Gasteiger partial charge in [0.2, 0.25) is 0 Å². The Labute approximate surface area is 109 Å². The van der Waals surface area contributed by atoms with Gasteiger partial charge in [0.05, 0.1) is 0 Å². The number of aryl methyl sites for hydroxylation is 1. The molecule has 0 radical (unpaired) electrons. The SMILES string of the molecule is CCC(=CCN(CC)c1cccc(C)c1)C(=O)O. The molecule has 0 atom stereocenters. The molecule has 3 heteroatoms. The zero-order chi connectivity index (χ0) is 13.5. The van der Waals surface area contributed by atoms with Crippen molar-refractivity contribution in [1.29, 1.82) is 0 Å². The quantitative estimate of drug-likeness (QED) is 0.784. The summed E-state index contributed by atoms with van der Waals surface area (Å²) >= 11 is 0. The smallest absolute Gasteiger partial charge is 0.331 e. The van der Waals surface area contributed by atoms with E-state index in [0.717, 1.165) is 12.2 Å². The van der Waals surface area contributed by atoms with Crippen molar-refractivity contribution in [3.8, 4) is 0 Å². The standard InChI is InChI=1S/C15H21NO2/c1-4-13(15(17)18)9-10-16(5-2)14-8-6-7-12(3)11-14/h6-9,11H,4-5,10H2,1-3H3,(H,17,18).